The van der Waals surface area contributed by atoms with Crippen LogP contribution in [0.25, 0.3) is 11.3 Å². The van der Waals surface area contributed by atoms with Crippen LogP contribution in [0.15, 0.2) is 59.5 Å². The Morgan fingerprint density at radius 2 is 1.76 bits per heavy atom. The van der Waals surface area contributed by atoms with Crippen LogP contribution in [0, 0.1) is 12.7 Å². The zero-order chi connectivity index (χ0) is 20.4. The van der Waals surface area contributed by atoms with Gasteiger partial charge in [0.15, 0.2) is 5.82 Å². The van der Waals surface area contributed by atoms with Crippen LogP contribution in [0.5, 0.6) is 0 Å². The molecule has 0 aliphatic carbocycles. The van der Waals surface area contributed by atoms with Crippen LogP contribution >= 0.6 is 0 Å². The van der Waals surface area contributed by atoms with Gasteiger partial charge in [0.05, 0.1) is 16.3 Å². The van der Waals surface area contributed by atoms with Gasteiger partial charge in [-0.2, -0.15) is 4.31 Å². The van der Waals surface area contributed by atoms with Gasteiger partial charge in [-0.25, -0.2) is 12.8 Å². The van der Waals surface area contributed by atoms with Crippen LogP contribution in [0.2, 0.25) is 0 Å². The molecule has 2 heterocycles. The van der Waals surface area contributed by atoms with E-state index in [1.807, 2.05) is 6.07 Å². The quantitative estimate of drug-likeness (QED) is 0.682. The lowest BCUT2D eigenvalue weighted by Crippen LogP contribution is -2.28. The highest BCUT2D eigenvalue weighted by Crippen LogP contribution is 2.28. The van der Waals surface area contributed by atoms with E-state index in [-0.39, 0.29) is 5.82 Å². The molecule has 29 heavy (non-hydrogen) atoms. The molecule has 1 aromatic heterocycles. The molecule has 8 heteroatoms. The number of aryl methyl sites for hydroxylation is 1. The van der Waals surface area contributed by atoms with Crippen molar-refractivity contribution in [2.45, 2.75) is 24.7 Å². The van der Waals surface area contributed by atoms with Gasteiger partial charge in [0.1, 0.15) is 5.82 Å². The second-order valence-corrected chi connectivity index (χ2v) is 8.91. The van der Waals surface area contributed by atoms with Crippen molar-refractivity contribution in [3.8, 4) is 11.3 Å². The summed E-state index contributed by atoms with van der Waals surface area (Å²) in [5, 5.41) is 11.2. The van der Waals surface area contributed by atoms with E-state index in [0.717, 1.165) is 12.8 Å². The van der Waals surface area contributed by atoms with Gasteiger partial charge >= 0.3 is 0 Å². The Balaban J connectivity index is 1.61. The van der Waals surface area contributed by atoms with Gasteiger partial charge in [-0.05, 0) is 55.7 Å². The van der Waals surface area contributed by atoms with Crippen molar-refractivity contribution in [2.24, 2.45) is 0 Å². The maximum Gasteiger partial charge on any atom is 0.243 e. The monoisotopic (exact) mass is 412 g/mol. The number of nitrogens with one attached hydrogen (secondary N) is 1. The van der Waals surface area contributed by atoms with Gasteiger partial charge in [0.25, 0.3) is 0 Å². The molecule has 0 saturated carbocycles. The predicted octanol–water partition coefficient (Wildman–Crippen LogP) is 4.12. The highest BCUT2D eigenvalue weighted by atomic mass is 32.2. The number of hydrogen-bond donors (Lipinski definition) is 1. The molecule has 1 aliphatic heterocycles. The van der Waals surface area contributed by atoms with Crippen LogP contribution in [0.1, 0.15) is 18.4 Å². The number of anilines is 2. The molecule has 2 aromatic carbocycles. The van der Waals surface area contributed by atoms with Crippen LogP contribution in [-0.2, 0) is 10.0 Å². The minimum Gasteiger partial charge on any atom is -0.336 e. The first-order chi connectivity index (χ1) is 13.9. The van der Waals surface area contributed by atoms with Crippen LogP contribution in [-0.4, -0.2) is 36.0 Å². The maximum absolute atomic E-state index is 13.8. The SMILES string of the molecule is Cc1ccc(-c2ccc(Nc3ccccc3F)nn2)cc1S(=O)(=O)N1CCCC1. The van der Waals surface area contributed by atoms with E-state index < -0.39 is 10.0 Å². The topological polar surface area (TPSA) is 75.2 Å². The molecule has 0 spiro atoms. The van der Waals surface area contributed by atoms with Gasteiger partial charge in [-0.1, -0.05) is 24.3 Å². The first-order valence-electron chi connectivity index (χ1n) is 9.41. The molecule has 0 amide bonds. The average Bonchev–Trinajstić information content (AvgIpc) is 3.26. The lowest BCUT2D eigenvalue weighted by molar-refractivity contribution is 0.477. The third-order valence-electron chi connectivity index (χ3n) is 4.97. The first-order valence-corrected chi connectivity index (χ1v) is 10.9. The van der Waals surface area contributed by atoms with E-state index in [9.17, 15) is 12.8 Å². The molecule has 0 radical (unpaired) electrons. The highest BCUT2D eigenvalue weighted by molar-refractivity contribution is 7.89. The second kappa shape index (κ2) is 7.88. The summed E-state index contributed by atoms with van der Waals surface area (Å²) in [4.78, 5) is 0.298. The summed E-state index contributed by atoms with van der Waals surface area (Å²) in [5.74, 6) is 0.0181. The molecule has 0 atom stereocenters. The molecule has 1 aliphatic rings. The number of benzene rings is 2. The average molecular weight is 412 g/mol. The number of para-hydroxylation sites is 1. The van der Waals surface area contributed by atoms with Crippen LogP contribution in [0.3, 0.4) is 0 Å². The normalized spacial score (nSPS) is 14.8. The summed E-state index contributed by atoms with van der Waals surface area (Å²) in [6.07, 6.45) is 1.78. The fourth-order valence-electron chi connectivity index (χ4n) is 3.36. The lowest BCUT2D eigenvalue weighted by atomic mass is 10.1. The van der Waals surface area contributed by atoms with Crippen molar-refractivity contribution in [2.75, 3.05) is 18.4 Å². The van der Waals surface area contributed by atoms with Crippen molar-refractivity contribution in [3.63, 3.8) is 0 Å². The van der Waals surface area contributed by atoms with E-state index >= 15 is 0 Å². The standard InChI is InChI=1S/C21H21FN4O2S/c1-15-8-9-16(14-20(15)29(27,28)26-12-4-5-13-26)18-10-11-21(25-24-18)23-19-7-3-2-6-17(19)22/h2-3,6-11,14H,4-5,12-13H2,1H3,(H,23,25). The van der Waals surface area contributed by atoms with Crippen molar-refractivity contribution in [1.82, 2.24) is 14.5 Å². The molecule has 0 unspecified atom stereocenters. The number of hydrogen-bond acceptors (Lipinski definition) is 5. The molecule has 4 rings (SSSR count). The molecule has 150 valence electrons. The van der Waals surface area contributed by atoms with E-state index in [4.69, 9.17) is 0 Å². The largest absolute Gasteiger partial charge is 0.336 e. The maximum atomic E-state index is 13.8. The van der Waals surface area contributed by atoms with Gasteiger partial charge in [0, 0.05) is 18.7 Å². The summed E-state index contributed by atoms with van der Waals surface area (Å²) in [6, 6.07) is 15.0. The molecule has 1 saturated heterocycles. The number of halogens is 1. The first kappa shape index (κ1) is 19.5. The summed E-state index contributed by atoms with van der Waals surface area (Å²) in [5.41, 5.74) is 2.22. The Morgan fingerprint density at radius 1 is 1.00 bits per heavy atom. The third-order valence-corrected chi connectivity index (χ3v) is 7.01. The summed E-state index contributed by atoms with van der Waals surface area (Å²) < 4.78 is 41.2. The minimum absolute atomic E-state index is 0.298. The van der Waals surface area contributed by atoms with Crippen LogP contribution < -0.4 is 5.32 Å². The number of rotatable bonds is 5. The van der Waals surface area contributed by atoms with E-state index in [2.05, 4.69) is 15.5 Å². The number of sulfonamides is 1. The van der Waals surface area contributed by atoms with Gasteiger partial charge in [0.2, 0.25) is 10.0 Å². The fraction of sp³-hybridized carbons (Fsp3) is 0.238. The number of nitrogens with zero attached hydrogens (tertiary/aromatic N) is 3. The van der Waals surface area contributed by atoms with Gasteiger partial charge in [-0.15, -0.1) is 10.2 Å². The lowest BCUT2D eigenvalue weighted by Gasteiger charge is -2.17. The Kier molecular flexibility index (Phi) is 5.29. The smallest absolute Gasteiger partial charge is 0.243 e. The Labute approximate surface area is 169 Å². The molecule has 1 N–H and O–H groups in total. The molecule has 0 bridgehead atoms. The summed E-state index contributed by atoms with van der Waals surface area (Å²) >= 11 is 0. The highest BCUT2D eigenvalue weighted by Gasteiger charge is 2.28. The Bertz CT molecular complexity index is 1130. The van der Waals surface area contributed by atoms with Crippen molar-refractivity contribution in [3.05, 3.63) is 66.0 Å². The van der Waals surface area contributed by atoms with Crippen molar-refractivity contribution in [1.29, 1.82) is 0 Å². The zero-order valence-corrected chi connectivity index (χ0v) is 16.8. The zero-order valence-electron chi connectivity index (χ0n) is 16.0. The molecule has 1 fully saturated rings. The predicted molar refractivity (Wildman–Crippen MR) is 110 cm³/mol. The molecular formula is C21H21FN4O2S. The molecular weight excluding hydrogens is 391 g/mol. The third kappa shape index (κ3) is 3.99. The summed E-state index contributed by atoms with van der Waals surface area (Å²) in [7, 11) is -3.52. The second-order valence-electron chi connectivity index (χ2n) is 7.00. The molecule has 3 aromatic rings. The number of aromatic nitrogens is 2. The van der Waals surface area contributed by atoms with E-state index in [0.29, 0.717) is 46.3 Å². The van der Waals surface area contributed by atoms with E-state index in [1.54, 1.807) is 49.4 Å². The van der Waals surface area contributed by atoms with Gasteiger partial charge < -0.3 is 5.32 Å². The van der Waals surface area contributed by atoms with E-state index in [1.165, 1.54) is 10.4 Å². The minimum atomic E-state index is -3.52. The van der Waals surface area contributed by atoms with Crippen LogP contribution in [0.4, 0.5) is 15.9 Å². The molecule has 6 nitrogen and oxygen atoms in total. The van der Waals surface area contributed by atoms with Crippen molar-refractivity contribution < 1.29 is 12.8 Å². The van der Waals surface area contributed by atoms with Gasteiger partial charge in [-0.3, -0.25) is 0 Å². The van der Waals surface area contributed by atoms with Crippen molar-refractivity contribution >= 4 is 21.5 Å². The summed E-state index contributed by atoms with van der Waals surface area (Å²) in [6.45, 7) is 2.91. The Hall–Kier alpha value is -2.84. The fourth-order valence-corrected chi connectivity index (χ4v) is 5.13. The Morgan fingerprint density at radius 3 is 2.45 bits per heavy atom.